The molecule has 1 aliphatic rings. The summed E-state index contributed by atoms with van der Waals surface area (Å²) in [6.07, 6.45) is -1.50. The number of nitrogens with one attached hydrogen (secondary N) is 1. The summed E-state index contributed by atoms with van der Waals surface area (Å²) in [5, 5.41) is 10.1. The lowest BCUT2D eigenvalue weighted by molar-refractivity contribution is 0.0436. The highest BCUT2D eigenvalue weighted by atomic mass is 19.3. The van der Waals surface area contributed by atoms with Crippen molar-refractivity contribution in [2.75, 3.05) is 6.54 Å². The summed E-state index contributed by atoms with van der Waals surface area (Å²) in [4.78, 5) is 29.4. The molecule has 0 fully saturated rings. The molecule has 0 saturated carbocycles. The van der Waals surface area contributed by atoms with Crippen molar-refractivity contribution in [1.29, 1.82) is 0 Å². The normalized spacial score (nSPS) is 16.5. The Morgan fingerprint density at radius 1 is 1.26 bits per heavy atom. The molecule has 4 aromatic rings. The highest BCUT2D eigenvalue weighted by Crippen LogP contribution is 2.38. The maximum Gasteiger partial charge on any atom is 0.292 e. The number of halogens is 4. The molecule has 1 aliphatic heterocycles. The van der Waals surface area contributed by atoms with Gasteiger partial charge in [0.05, 0.1) is 12.0 Å². The molecule has 13 heteroatoms. The Morgan fingerprint density at radius 3 is 2.74 bits per heavy atom. The van der Waals surface area contributed by atoms with Crippen LogP contribution in [0.3, 0.4) is 0 Å². The van der Waals surface area contributed by atoms with Gasteiger partial charge in [0.25, 0.3) is 12.3 Å². The van der Waals surface area contributed by atoms with E-state index in [2.05, 4.69) is 19.9 Å². The number of aromatic nitrogens is 4. The Morgan fingerprint density at radius 2 is 2.03 bits per heavy atom. The van der Waals surface area contributed by atoms with Crippen molar-refractivity contribution in [3.63, 3.8) is 0 Å². The standard InChI is InChI=1S/C21H17F4N5O4/c1-21(2,32)20-29-14(17(24)25)16(34-20)19(31)30-6-5-9-12(27-7-26-9)15(30)18-28-13-10(33-18)4-3-8(22)11(13)23/h3-4,7,15,17,32H,5-6H2,1-2H3,(H,26,27)/t15-/m0/s1. The fourth-order valence-corrected chi connectivity index (χ4v) is 3.84. The summed E-state index contributed by atoms with van der Waals surface area (Å²) in [7, 11) is 0. The van der Waals surface area contributed by atoms with Gasteiger partial charge in [-0.1, -0.05) is 0 Å². The molecule has 0 spiro atoms. The highest BCUT2D eigenvalue weighted by molar-refractivity contribution is 5.93. The number of carbonyl (C=O) groups is 1. The highest BCUT2D eigenvalue weighted by Gasteiger charge is 2.42. The summed E-state index contributed by atoms with van der Waals surface area (Å²) in [6.45, 7) is 2.55. The van der Waals surface area contributed by atoms with E-state index in [1.165, 1.54) is 26.2 Å². The molecule has 1 amide bonds. The van der Waals surface area contributed by atoms with Crippen LogP contribution in [0, 0.1) is 11.6 Å². The van der Waals surface area contributed by atoms with Crippen molar-refractivity contribution in [3.05, 3.63) is 64.7 Å². The van der Waals surface area contributed by atoms with E-state index in [4.69, 9.17) is 8.83 Å². The van der Waals surface area contributed by atoms with Gasteiger partial charge in [-0.05, 0) is 26.0 Å². The van der Waals surface area contributed by atoms with Gasteiger partial charge in [-0.15, -0.1) is 0 Å². The fraction of sp³-hybridized carbons (Fsp3) is 0.333. The summed E-state index contributed by atoms with van der Waals surface area (Å²) in [5.41, 5.74) is -2.18. The molecule has 0 unspecified atom stereocenters. The van der Waals surface area contributed by atoms with Crippen LogP contribution in [-0.4, -0.2) is 42.4 Å². The van der Waals surface area contributed by atoms with E-state index in [0.29, 0.717) is 11.4 Å². The van der Waals surface area contributed by atoms with E-state index < -0.39 is 53.0 Å². The molecule has 9 nitrogen and oxygen atoms in total. The number of alkyl halides is 2. The average Bonchev–Trinajstić information content (AvgIpc) is 3.52. The third-order valence-corrected chi connectivity index (χ3v) is 5.47. The van der Waals surface area contributed by atoms with Crippen molar-refractivity contribution in [2.24, 2.45) is 0 Å². The number of imidazole rings is 1. The zero-order chi connectivity index (χ0) is 24.4. The largest absolute Gasteiger partial charge is 0.438 e. The number of aliphatic hydroxyl groups is 1. The van der Waals surface area contributed by atoms with E-state index in [9.17, 15) is 27.5 Å². The molecule has 2 N–H and O–H groups in total. The quantitative estimate of drug-likeness (QED) is 0.428. The molecule has 0 bridgehead atoms. The molecule has 1 atom stereocenters. The Bertz CT molecular complexity index is 1400. The van der Waals surface area contributed by atoms with Crippen LogP contribution in [0.4, 0.5) is 17.6 Å². The molecule has 0 radical (unpaired) electrons. The predicted molar refractivity (Wildman–Crippen MR) is 106 cm³/mol. The number of rotatable bonds is 4. The van der Waals surface area contributed by atoms with Crippen LogP contribution in [0.25, 0.3) is 11.1 Å². The van der Waals surface area contributed by atoms with E-state index >= 15 is 0 Å². The summed E-state index contributed by atoms with van der Waals surface area (Å²) in [5.74, 6) is -4.75. The molecule has 0 aliphatic carbocycles. The van der Waals surface area contributed by atoms with Gasteiger partial charge < -0.3 is 23.8 Å². The second-order valence-electron chi connectivity index (χ2n) is 8.27. The first kappa shape index (κ1) is 22.1. The Hall–Kier alpha value is -3.74. The van der Waals surface area contributed by atoms with Gasteiger partial charge >= 0.3 is 0 Å². The fourth-order valence-electron chi connectivity index (χ4n) is 3.84. The Balaban J connectivity index is 1.64. The van der Waals surface area contributed by atoms with Gasteiger partial charge in [0.1, 0.15) is 11.1 Å². The number of oxazole rings is 2. The number of H-pyrrole nitrogens is 1. The number of carbonyl (C=O) groups excluding carboxylic acids is 1. The van der Waals surface area contributed by atoms with Crippen LogP contribution in [0.2, 0.25) is 0 Å². The number of benzene rings is 1. The number of amides is 1. The van der Waals surface area contributed by atoms with Gasteiger partial charge in [-0.2, -0.15) is 0 Å². The molecule has 178 valence electrons. The van der Waals surface area contributed by atoms with Crippen LogP contribution in [-0.2, 0) is 12.0 Å². The van der Waals surface area contributed by atoms with Crippen LogP contribution >= 0.6 is 0 Å². The van der Waals surface area contributed by atoms with Gasteiger partial charge in [0, 0.05) is 18.7 Å². The summed E-state index contributed by atoms with van der Waals surface area (Å²) >= 11 is 0. The smallest absolute Gasteiger partial charge is 0.292 e. The zero-order valence-electron chi connectivity index (χ0n) is 17.8. The number of nitrogens with zero attached hydrogens (tertiary/aromatic N) is 4. The molecule has 4 heterocycles. The van der Waals surface area contributed by atoms with E-state index in [-0.39, 0.29) is 30.0 Å². The summed E-state index contributed by atoms with van der Waals surface area (Å²) in [6, 6.07) is 0.905. The van der Waals surface area contributed by atoms with Crippen molar-refractivity contribution >= 4 is 17.0 Å². The second kappa shape index (κ2) is 7.65. The van der Waals surface area contributed by atoms with E-state index in [0.717, 1.165) is 11.0 Å². The number of fused-ring (bicyclic) bond motifs is 2. The third-order valence-electron chi connectivity index (χ3n) is 5.47. The monoisotopic (exact) mass is 479 g/mol. The predicted octanol–water partition coefficient (Wildman–Crippen LogP) is 3.77. The Labute approximate surface area is 188 Å². The minimum Gasteiger partial charge on any atom is -0.438 e. The number of hydrogen-bond acceptors (Lipinski definition) is 7. The first-order valence-corrected chi connectivity index (χ1v) is 10.2. The van der Waals surface area contributed by atoms with Gasteiger partial charge in [-0.25, -0.2) is 32.5 Å². The van der Waals surface area contributed by atoms with Crippen LogP contribution in [0.5, 0.6) is 0 Å². The molecular formula is C21H17F4N5O4. The number of hydrogen-bond donors (Lipinski definition) is 2. The molecule has 5 rings (SSSR count). The van der Waals surface area contributed by atoms with E-state index in [1.54, 1.807) is 0 Å². The van der Waals surface area contributed by atoms with Gasteiger partial charge in [-0.3, -0.25) is 4.79 Å². The van der Waals surface area contributed by atoms with Crippen molar-refractivity contribution in [3.8, 4) is 0 Å². The van der Waals surface area contributed by atoms with Crippen molar-refractivity contribution in [1.82, 2.24) is 24.8 Å². The van der Waals surface area contributed by atoms with Gasteiger partial charge in [0.15, 0.2) is 29.0 Å². The van der Waals surface area contributed by atoms with E-state index in [1.807, 2.05) is 0 Å². The first-order chi connectivity index (χ1) is 16.1. The van der Waals surface area contributed by atoms with Crippen LogP contribution < -0.4 is 0 Å². The lowest BCUT2D eigenvalue weighted by atomic mass is 10.0. The van der Waals surface area contributed by atoms with Gasteiger partial charge in [0.2, 0.25) is 17.5 Å². The molecule has 0 saturated heterocycles. The third kappa shape index (κ3) is 3.43. The second-order valence-corrected chi connectivity index (χ2v) is 8.27. The summed E-state index contributed by atoms with van der Waals surface area (Å²) < 4.78 is 66.2. The number of aromatic amines is 1. The van der Waals surface area contributed by atoms with Crippen LogP contribution in [0.1, 0.15) is 65.7 Å². The SMILES string of the molecule is CC(C)(O)c1nc(C(F)F)c(C(=O)N2CCc3[nH]cnc3[C@H]2c2nc3c(F)c(F)ccc3o2)o1. The van der Waals surface area contributed by atoms with Crippen LogP contribution in [0.15, 0.2) is 27.3 Å². The maximum absolute atomic E-state index is 14.3. The van der Waals surface area contributed by atoms with Crippen molar-refractivity contribution in [2.45, 2.75) is 38.3 Å². The minimum atomic E-state index is -3.16. The maximum atomic E-state index is 14.3. The lowest BCUT2D eigenvalue weighted by Gasteiger charge is -2.32. The minimum absolute atomic E-state index is 0.00942. The average molecular weight is 479 g/mol. The topological polar surface area (TPSA) is 121 Å². The molecule has 34 heavy (non-hydrogen) atoms. The van der Waals surface area contributed by atoms with Crippen molar-refractivity contribution < 1.29 is 36.3 Å². The molecular weight excluding hydrogens is 462 g/mol. The first-order valence-electron chi connectivity index (χ1n) is 10.2. The Kier molecular flexibility index (Phi) is 4.97. The molecule has 3 aromatic heterocycles. The zero-order valence-corrected chi connectivity index (χ0v) is 17.8. The lowest BCUT2D eigenvalue weighted by Crippen LogP contribution is -2.41. The molecule has 1 aromatic carbocycles.